The van der Waals surface area contributed by atoms with Crippen molar-refractivity contribution in [2.24, 2.45) is 0 Å². The fourth-order valence-corrected chi connectivity index (χ4v) is 2.96. The van der Waals surface area contributed by atoms with Gasteiger partial charge in [-0.25, -0.2) is 0 Å². The predicted molar refractivity (Wildman–Crippen MR) is 81.0 cm³/mol. The maximum atomic E-state index is 6.36. The molecule has 1 aromatic carbocycles. The van der Waals surface area contributed by atoms with Crippen LogP contribution in [0.25, 0.3) is 0 Å². The number of hydrogen-bond donors (Lipinski definition) is 0. The SMILES string of the molecule is COc1c(C)c(C)c2c(c1C)CC(C)(C(C)(C)OC)O2. The minimum absolute atomic E-state index is 0.355. The second-order valence-corrected chi connectivity index (χ2v) is 6.44. The molecule has 0 aromatic heterocycles. The average Bonchev–Trinajstić information content (AvgIpc) is 2.77. The van der Waals surface area contributed by atoms with Crippen molar-refractivity contribution < 1.29 is 14.2 Å². The standard InChI is InChI=1S/C17H26O3/c1-10-11(2)15-13(12(3)14(10)18-7)9-17(6,20-15)16(4,5)19-8/h9H2,1-8H3. The smallest absolute Gasteiger partial charge is 0.139 e. The molecular formula is C17H26O3. The highest BCUT2D eigenvalue weighted by molar-refractivity contribution is 5.60. The Kier molecular flexibility index (Phi) is 3.53. The molecule has 1 aromatic rings. The molecule has 2 rings (SSSR count). The summed E-state index contributed by atoms with van der Waals surface area (Å²) >= 11 is 0. The van der Waals surface area contributed by atoms with E-state index in [1.54, 1.807) is 14.2 Å². The first kappa shape index (κ1) is 15.2. The highest BCUT2D eigenvalue weighted by Gasteiger charge is 2.49. The summed E-state index contributed by atoms with van der Waals surface area (Å²) in [4.78, 5) is 0. The molecule has 0 radical (unpaired) electrons. The Labute approximate surface area is 122 Å². The summed E-state index contributed by atoms with van der Waals surface area (Å²) in [6.07, 6.45) is 0.840. The Hall–Kier alpha value is -1.22. The van der Waals surface area contributed by atoms with Crippen LogP contribution in [0.2, 0.25) is 0 Å². The summed E-state index contributed by atoms with van der Waals surface area (Å²) in [5.74, 6) is 1.98. The molecule has 0 N–H and O–H groups in total. The maximum Gasteiger partial charge on any atom is 0.139 e. The monoisotopic (exact) mass is 278 g/mol. The Morgan fingerprint density at radius 3 is 2.15 bits per heavy atom. The largest absolute Gasteiger partial charge is 0.496 e. The van der Waals surface area contributed by atoms with Gasteiger partial charge in [-0.2, -0.15) is 0 Å². The number of methoxy groups -OCH3 is 2. The molecule has 1 atom stereocenters. The van der Waals surface area contributed by atoms with Crippen molar-refractivity contribution in [1.29, 1.82) is 0 Å². The van der Waals surface area contributed by atoms with Gasteiger partial charge in [-0.1, -0.05) is 0 Å². The van der Waals surface area contributed by atoms with Crippen LogP contribution in [0.3, 0.4) is 0 Å². The Balaban J connectivity index is 2.59. The third kappa shape index (κ3) is 1.91. The highest BCUT2D eigenvalue weighted by Crippen LogP contribution is 2.48. The van der Waals surface area contributed by atoms with E-state index in [4.69, 9.17) is 14.2 Å². The molecule has 20 heavy (non-hydrogen) atoms. The fraction of sp³-hybridized carbons (Fsp3) is 0.647. The number of ether oxygens (including phenoxy) is 3. The lowest BCUT2D eigenvalue weighted by Gasteiger charge is -2.39. The first-order chi connectivity index (χ1) is 9.18. The van der Waals surface area contributed by atoms with Crippen molar-refractivity contribution in [2.45, 2.75) is 59.2 Å². The Morgan fingerprint density at radius 2 is 1.65 bits per heavy atom. The van der Waals surface area contributed by atoms with Gasteiger partial charge in [-0.3, -0.25) is 0 Å². The molecule has 3 nitrogen and oxygen atoms in total. The van der Waals surface area contributed by atoms with E-state index in [9.17, 15) is 0 Å². The minimum atomic E-state index is -0.363. The van der Waals surface area contributed by atoms with Crippen molar-refractivity contribution in [3.8, 4) is 11.5 Å². The quantitative estimate of drug-likeness (QED) is 0.843. The average molecular weight is 278 g/mol. The Morgan fingerprint density at radius 1 is 1.05 bits per heavy atom. The summed E-state index contributed by atoms with van der Waals surface area (Å²) in [7, 11) is 3.47. The van der Waals surface area contributed by atoms with Gasteiger partial charge >= 0.3 is 0 Å². The van der Waals surface area contributed by atoms with Crippen LogP contribution in [0.4, 0.5) is 0 Å². The lowest BCUT2D eigenvalue weighted by molar-refractivity contribution is -0.114. The van der Waals surface area contributed by atoms with Gasteiger partial charge in [0.25, 0.3) is 0 Å². The zero-order valence-corrected chi connectivity index (χ0v) is 13.9. The van der Waals surface area contributed by atoms with E-state index in [-0.39, 0.29) is 11.2 Å². The minimum Gasteiger partial charge on any atom is -0.496 e. The van der Waals surface area contributed by atoms with Crippen LogP contribution in [0, 0.1) is 20.8 Å². The van der Waals surface area contributed by atoms with Crippen LogP contribution < -0.4 is 9.47 Å². The molecule has 0 saturated heterocycles. The second kappa shape index (κ2) is 4.66. The third-order valence-electron chi connectivity index (χ3n) is 5.14. The van der Waals surface area contributed by atoms with Gasteiger partial charge in [0.05, 0.1) is 7.11 Å². The first-order valence-electron chi connectivity index (χ1n) is 7.09. The molecule has 3 heteroatoms. The van der Waals surface area contributed by atoms with Crippen molar-refractivity contribution in [1.82, 2.24) is 0 Å². The summed E-state index contributed by atoms with van der Waals surface area (Å²) in [5, 5.41) is 0. The van der Waals surface area contributed by atoms with Crippen LogP contribution in [0.15, 0.2) is 0 Å². The molecule has 0 amide bonds. The second-order valence-electron chi connectivity index (χ2n) is 6.44. The highest BCUT2D eigenvalue weighted by atomic mass is 16.6. The summed E-state index contributed by atoms with van der Waals surface area (Å²) in [6.45, 7) is 12.6. The number of hydrogen-bond acceptors (Lipinski definition) is 3. The van der Waals surface area contributed by atoms with E-state index in [0.717, 1.165) is 29.0 Å². The molecule has 0 aliphatic carbocycles. The number of benzene rings is 1. The summed E-state index contributed by atoms with van der Waals surface area (Å²) in [5.41, 5.74) is 4.03. The van der Waals surface area contributed by atoms with Gasteiger partial charge in [-0.15, -0.1) is 0 Å². The lowest BCUT2D eigenvalue weighted by atomic mass is 9.82. The molecular weight excluding hydrogens is 252 g/mol. The van der Waals surface area contributed by atoms with Crippen molar-refractivity contribution in [2.75, 3.05) is 14.2 Å². The van der Waals surface area contributed by atoms with Crippen molar-refractivity contribution in [3.05, 3.63) is 22.3 Å². The molecule has 1 unspecified atom stereocenters. The van der Waals surface area contributed by atoms with Crippen LogP contribution >= 0.6 is 0 Å². The predicted octanol–water partition coefficient (Wildman–Crippen LogP) is 3.74. The zero-order chi connectivity index (χ0) is 15.3. The van der Waals surface area contributed by atoms with Crippen molar-refractivity contribution >= 4 is 0 Å². The fourth-order valence-electron chi connectivity index (χ4n) is 2.96. The topological polar surface area (TPSA) is 27.7 Å². The van der Waals surface area contributed by atoms with E-state index in [0.29, 0.717) is 0 Å². The molecule has 112 valence electrons. The van der Waals surface area contributed by atoms with E-state index >= 15 is 0 Å². The van der Waals surface area contributed by atoms with Gasteiger partial charge in [0.15, 0.2) is 0 Å². The molecule has 1 aliphatic heterocycles. The molecule has 0 saturated carbocycles. The van der Waals surface area contributed by atoms with Gasteiger partial charge in [0.2, 0.25) is 0 Å². The Bertz CT molecular complexity index is 546. The maximum absolute atomic E-state index is 6.36. The molecule has 0 bridgehead atoms. The number of fused-ring (bicyclic) bond motifs is 1. The van der Waals surface area contributed by atoms with Gasteiger partial charge in [-0.05, 0) is 58.2 Å². The lowest BCUT2D eigenvalue weighted by Crippen LogP contribution is -2.52. The summed E-state index contributed by atoms with van der Waals surface area (Å²) < 4.78 is 17.6. The van der Waals surface area contributed by atoms with Gasteiger partial charge in [0.1, 0.15) is 22.7 Å². The van der Waals surface area contributed by atoms with Crippen LogP contribution in [-0.4, -0.2) is 25.4 Å². The molecule has 0 spiro atoms. The number of rotatable bonds is 3. The van der Waals surface area contributed by atoms with E-state index in [2.05, 4.69) is 41.5 Å². The van der Waals surface area contributed by atoms with Crippen molar-refractivity contribution in [3.63, 3.8) is 0 Å². The molecule has 1 aliphatic rings. The van der Waals surface area contributed by atoms with E-state index in [1.165, 1.54) is 11.1 Å². The molecule has 0 fully saturated rings. The molecule has 1 heterocycles. The van der Waals surface area contributed by atoms with Crippen LogP contribution in [0.5, 0.6) is 11.5 Å². The first-order valence-corrected chi connectivity index (χ1v) is 7.09. The van der Waals surface area contributed by atoms with Gasteiger partial charge in [0, 0.05) is 19.1 Å². The van der Waals surface area contributed by atoms with Crippen LogP contribution in [-0.2, 0) is 11.2 Å². The third-order valence-corrected chi connectivity index (χ3v) is 5.14. The van der Waals surface area contributed by atoms with E-state index < -0.39 is 0 Å². The van der Waals surface area contributed by atoms with Crippen LogP contribution in [0.1, 0.15) is 43.0 Å². The van der Waals surface area contributed by atoms with Gasteiger partial charge < -0.3 is 14.2 Å². The van der Waals surface area contributed by atoms with E-state index in [1.807, 2.05) is 0 Å². The normalized spacial score (nSPS) is 21.6. The summed E-state index contributed by atoms with van der Waals surface area (Å²) in [6, 6.07) is 0. The zero-order valence-electron chi connectivity index (χ0n) is 13.9.